The first-order valence-corrected chi connectivity index (χ1v) is 17.3. The lowest BCUT2D eigenvalue weighted by molar-refractivity contribution is -0.0917. The molecular weight excluding hydrogens is 662 g/mol. The lowest BCUT2D eigenvalue weighted by Crippen LogP contribution is -2.52. The molecule has 2 saturated heterocycles. The van der Waals surface area contributed by atoms with Gasteiger partial charge in [0.2, 0.25) is 5.95 Å². The van der Waals surface area contributed by atoms with Crippen LogP contribution in [0.25, 0.3) is 11.1 Å². The first kappa shape index (κ1) is 34.7. The van der Waals surface area contributed by atoms with Gasteiger partial charge in [0.1, 0.15) is 42.9 Å². The van der Waals surface area contributed by atoms with Gasteiger partial charge in [0.05, 0.1) is 37.6 Å². The summed E-state index contributed by atoms with van der Waals surface area (Å²) < 4.78 is 54.4. The number of hydrogen-bond donors (Lipinski definition) is 1. The van der Waals surface area contributed by atoms with Crippen molar-refractivity contribution < 1.29 is 27.7 Å². The van der Waals surface area contributed by atoms with E-state index in [0.29, 0.717) is 47.2 Å². The number of nitrogens with one attached hydrogen (secondary N) is 1. The van der Waals surface area contributed by atoms with Gasteiger partial charge in [0.25, 0.3) is 5.88 Å². The number of nitrogens with zero attached hydrogens (tertiary/aromatic N) is 9. The van der Waals surface area contributed by atoms with E-state index in [1.165, 1.54) is 26.3 Å². The highest BCUT2D eigenvalue weighted by Gasteiger charge is 2.42. The summed E-state index contributed by atoms with van der Waals surface area (Å²) in [5.41, 5.74) is 2.22. The van der Waals surface area contributed by atoms with E-state index < -0.39 is 19.1 Å². The lowest BCUT2D eigenvalue weighted by Gasteiger charge is -2.43. The van der Waals surface area contributed by atoms with Crippen LogP contribution in [0.1, 0.15) is 57.1 Å². The molecule has 1 aliphatic carbocycles. The molecule has 1 aromatic carbocycles. The molecule has 16 heteroatoms. The number of halogens is 2. The standard InChI is InChI=1S/C35H42F2N10O4/c1-23(15-45-22-39-21-42-45)51-32-11-24(3-4-25(32)12-38)26-13-40-34(41-14-26)43-31-16-46(44-33(31)50-20-35(36,37)19-48-2)27-5-7-28(8-6-27)47-29-9-10-30(47)18-49-17-29/h3-4,11,13-14,16,21-23,27-30H,5-10,15,17-20H2,1-2H3,(H,40,41,43)/t23-,27-,28-,29-,30+/m0/s1. The van der Waals surface area contributed by atoms with Gasteiger partial charge in [-0.1, -0.05) is 6.07 Å². The maximum Gasteiger partial charge on any atom is 0.304 e. The molecule has 5 heterocycles. The average Bonchev–Trinajstić information content (AvgIpc) is 3.85. The van der Waals surface area contributed by atoms with Crippen LogP contribution in [-0.2, 0) is 16.0 Å². The van der Waals surface area contributed by atoms with E-state index in [9.17, 15) is 14.0 Å². The fourth-order valence-electron chi connectivity index (χ4n) is 7.46. The van der Waals surface area contributed by atoms with Gasteiger partial charge in [-0.15, -0.1) is 5.10 Å². The molecule has 0 radical (unpaired) electrons. The Bertz CT molecular complexity index is 1770. The Kier molecular flexibility index (Phi) is 10.4. The summed E-state index contributed by atoms with van der Waals surface area (Å²) >= 11 is 0. The normalized spacial score (nSPS) is 22.7. The van der Waals surface area contributed by atoms with Crippen molar-refractivity contribution in [2.75, 3.05) is 38.9 Å². The van der Waals surface area contributed by atoms with Crippen LogP contribution in [0, 0.1) is 11.3 Å². The van der Waals surface area contributed by atoms with Crippen LogP contribution < -0.4 is 14.8 Å². The van der Waals surface area contributed by atoms with E-state index in [2.05, 4.69) is 46.2 Å². The molecule has 0 unspecified atom stereocenters. The van der Waals surface area contributed by atoms with Crippen LogP contribution in [0.3, 0.4) is 0 Å². The summed E-state index contributed by atoms with van der Waals surface area (Å²) in [5.74, 6) is -2.48. The summed E-state index contributed by atoms with van der Waals surface area (Å²) in [6.45, 7) is 2.32. The Morgan fingerprint density at radius 3 is 2.43 bits per heavy atom. The molecule has 2 bridgehead atoms. The predicted octanol–water partition coefficient (Wildman–Crippen LogP) is 5.02. The number of ether oxygens (including phenoxy) is 4. The Morgan fingerprint density at radius 1 is 1.02 bits per heavy atom. The summed E-state index contributed by atoms with van der Waals surface area (Å²) in [4.78, 5) is 15.6. The van der Waals surface area contributed by atoms with Crippen molar-refractivity contribution in [2.45, 2.75) is 88.2 Å². The molecule has 14 nitrogen and oxygen atoms in total. The number of fused-ring (bicyclic) bond motifs is 2. The van der Waals surface area contributed by atoms with Crippen LogP contribution in [0.2, 0.25) is 0 Å². The van der Waals surface area contributed by atoms with Crippen molar-refractivity contribution in [3.8, 4) is 28.8 Å². The number of methoxy groups -OCH3 is 1. The fraction of sp³-hybridized carbons (Fsp3) is 0.543. The molecular formula is C35H42F2N10O4. The van der Waals surface area contributed by atoms with Crippen LogP contribution in [0.5, 0.6) is 11.6 Å². The number of rotatable bonds is 14. The molecule has 3 fully saturated rings. The molecule has 3 aliphatic rings. The van der Waals surface area contributed by atoms with Crippen molar-refractivity contribution in [3.63, 3.8) is 0 Å². The molecule has 2 aliphatic heterocycles. The molecule has 51 heavy (non-hydrogen) atoms. The Hall–Kier alpha value is -4.72. The lowest BCUT2D eigenvalue weighted by atomic mass is 9.89. The van der Waals surface area contributed by atoms with Crippen LogP contribution in [-0.4, -0.2) is 103 Å². The van der Waals surface area contributed by atoms with Crippen molar-refractivity contribution in [3.05, 3.63) is 55.0 Å². The van der Waals surface area contributed by atoms with Crippen molar-refractivity contribution in [2.24, 2.45) is 0 Å². The zero-order valence-corrected chi connectivity index (χ0v) is 28.7. The minimum atomic E-state index is -3.19. The summed E-state index contributed by atoms with van der Waals surface area (Å²) in [6, 6.07) is 9.09. The van der Waals surface area contributed by atoms with E-state index >= 15 is 0 Å². The molecule has 1 N–H and O–H groups in total. The predicted molar refractivity (Wildman–Crippen MR) is 181 cm³/mol. The smallest absolute Gasteiger partial charge is 0.304 e. The van der Waals surface area contributed by atoms with Gasteiger partial charge in [0.15, 0.2) is 6.61 Å². The first-order chi connectivity index (χ1) is 24.8. The highest BCUT2D eigenvalue weighted by Crippen LogP contribution is 2.40. The van der Waals surface area contributed by atoms with E-state index in [1.54, 1.807) is 47.8 Å². The van der Waals surface area contributed by atoms with E-state index in [1.807, 2.05) is 11.6 Å². The van der Waals surface area contributed by atoms with Gasteiger partial charge in [-0.05, 0) is 63.1 Å². The Morgan fingerprint density at radius 2 is 1.75 bits per heavy atom. The topological polar surface area (TPSA) is 150 Å². The highest BCUT2D eigenvalue weighted by molar-refractivity contribution is 5.67. The van der Waals surface area contributed by atoms with Crippen molar-refractivity contribution in [1.82, 2.24) is 39.4 Å². The number of alkyl halides is 2. The van der Waals surface area contributed by atoms with Crippen LogP contribution >= 0.6 is 0 Å². The minimum absolute atomic E-state index is 0.0423. The van der Waals surface area contributed by atoms with Gasteiger partial charge in [-0.25, -0.2) is 28.4 Å². The third-order valence-corrected chi connectivity index (χ3v) is 9.81. The van der Waals surface area contributed by atoms with Gasteiger partial charge >= 0.3 is 5.92 Å². The zero-order valence-electron chi connectivity index (χ0n) is 28.7. The van der Waals surface area contributed by atoms with Gasteiger partial charge in [0, 0.05) is 43.2 Å². The number of morpholine rings is 1. The molecule has 0 amide bonds. The molecule has 3 aromatic heterocycles. The molecule has 1 saturated carbocycles. The molecule has 7 rings (SSSR count). The monoisotopic (exact) mass is 704 g/mol. The van der Waals surface area contributed by atoms with Gasteiger partial charge in [-0.3, -0.25) is 9.58 Å². The number of anilines is 2. The molecule has 4 aromatic rings. The molecule has 270 valence electrons. The number of hydrogen-bond acceptors (Lipinski definition) is 12. The van der Waals surface area contributed by atoms with Gasteiger partial charge in [-0.2, -0.15) is 10.4 Å². The van der Waals surface area contributed by atoms with Crippen molar-refractivity contribution >= 4 is 11.6 Å². The summed E-state index contributed by atoms with van der Waals surface area (Å²) in [6.07, 6.45) is 14.1. The molecule has 3 atom stereocenters. The summed E-state index contributed by atoms with van der Waals surface area (Å²) in [7, 11) is 1.22. The second-order valence-corrected chi connectivity index (χ2v) is 13.5. The Balaban J connectivity index is 1.05. The van der Waals surface area contributed by atoms with Gasteiger partial charge < -0.3 is 24.3 Å². The van der Waals surface area contributed by atoms with Crippen molar-refractivity contribution in [1.29, 1.82) is 5.26 Å². The average molecular weight is 705 g/mol. The Labute approximate surface area is 294 Å². The maximum atomic E-state index is 14.4. The minimum Gasteiger partial charge on any atom is -0.487 e. The van der Waals surface area contributed by atoms with E-state index in [-0.39, 0.29) is 24.0 Å². The number of aromatic nitrogens is 7. The van der Waals surface area contributed by atoms with E-state index in [0.717, 1.165) is 44.5 Å². The number of nitriles is 1. The first-order valence-electron chi connectivity index (χ1n) is 17.3. The van der Waals surface area contributed by atoms with E-state index in [4.69, 9.17) is 14.2 Å². The third-order valence-electron chi connectivity index (χ3n) is 9.81. The maximum absolute atomic E-state index is 14.4. The SMILES string of the molecule is COCC(F)(F)COc1nn([C@H]2CC[C@H](N3[C@@H]4CC[C@H]3COC4)CC2)cc1Nc1ncc(-c2ccc(C#N)c(O[C@@H](C)Cn3cncn3)c2)cn1. The second-order valence-electron chi connectivity index (χ2n) is 13.5. The largest absolute Gasteiger partial charge is 0.487 e. The third kappa shape index (κ3) is 8.11. The second kappa shape index (κ2) is 15.3. The number of benzene rings is 1. The quantitative estimate of drug-likeness (QED) is 0.188. The zero-order chi connectivity index (χ0) is 35.4. The van der Waals surface area contributed by atoms with Crippen LogP contribution in [0.15, 0.2) is 49.4 Å². The highest BCUT2D eigenvalue weighted by atomic mass is 19.3. The fourth-order valence-corrected chi connectivity index (χ4v) is 7.46. The molecule has 0 spiro atoms. The summed E-state index contributed by atoms with van der Waals surface area (Å²) in [5, 5.41) is 21.5. The van der Waals surface area contributed by atoms with Crippen LogP contribution in [0.4, 0.5) is 20.4 Å².